The van der Waals surface area contributed by atoms with Crippen LogP contribution in [0.15, 0.2) is 0 Å². The number of urea groups is 1. The molecule has 1 aliphatic heterocycles. The monoisotopic (exact) mass is 198 g/mol. The lowest BCUT2D eigenvalue weighted by atomic mass is 10.0. The topological polar surface area (TPSA) is 40.6 Å². The Morgan fingerprint density at radius 1 is 1.43 bits per heavy atom. The van der Waals surface area contributed by atoms with Gasteiger partial charge in [-0.25, -0.2) is 4.79 Å². The molecule has 1 aliphatic rings. The summed E-state index contributed by atoms with van der Waals surface area (Å²) in [5.74, 6) is -0.163. The predicted octanol–water partition coefficient (Wildman–Crippen LogP) is 1.46. The van der Waals surface area contributed by atoms with Gasteiger partial charge in [-0.15, -0.1) is 0 Å². The number of carbonyl (C=O) groups is 2. The normalized spacial score (nSPS) is 17.9. The third kappa shape index (κ3) is 1.74. The van der Waals surface area contributed by atoms with Gasteiger partial charge in [0.15, 0.2) is 0 Å². The number of rotatable bonds is 2. The van der Waals surface area contributed by atoms with Crippen molar-refractivity contribution in [3.8, 4) is 0 Å². The molecule has 0 aromatic heterocycles. The van der Waals surface area contributed by atoms with Crippen molar-refractivity contribution in [3.63, 3.8) is 0 Å². The van der Waals surface area contributed by atoms with Crippen molar-refractivity contribution in [2.75, 3.05) is 13.1 Å². The van der Waals surface area contributed by atoms with Crippen LogP contribution < -0.4 is 0 Å². The quantitative estimate of drug-likeness (QED) is 0.674. The molecule has 1 fully saturated rings. The van der Waals surface area contributed by atoms with Gasteiger partial charge in [0.1, 0.15) is 0 Å². The summed E-state index contributed by atoms with van der Waals surface area (Å²) in [6.07, 6.45) is 0.893. The molecular formula is C10H18N2O2. The summed E-state index contributed by atoms with van der Waals surface area (Å²) in [5.41, 5.74) is -0.152. The minimum atomic E-state index is -0.163. The van der Waals surface area contributed by atoms with E-state index < -0.39 is 0 Å². The zero-order chi connectivity index (χ0) is 10.9. The van der Waals surface area contributed by atoms with Gasteiger partial charge in [-0.05, 0) is 20.3 Å². The molecule has 0 saturated carbocycles. The van der Waals surface area contributed by atoms with Gasteiger partial charge in [0, 0.05) is 25.6 Å². The average Bonchev–Trinajstić information content (AvgIpc) is 2.47. The van der Waals surface area contributed by atoms with Gasteiger partial charge >= 0.3 is 6.03 Å². The van der Waals surface area contributed by atoms with Crippen molar-refractivity contribution >= 4 is 11.9 Å². The molecule has 1 rings (SSSR count). The number of amides is 3. The smallest absolute Gasteiger partial charge is 0.317 e. The second kappa shape index (κ2) is 3.59. The molecule has 0 N–H and O–H groups in total. The van der Waals surface area contributed by atoms with Gasteiger partial charge in [0.2, 0.25) is 5.91 Å². The van der Waals surface area contributed by atoms with E-state index in [4.69, 9.17) is 0 Å². The fourth-order valence-corrected chi connectivity index (χ4v) is 1.58. The molecule has 14 heavy (non-hydrogen) atoms. The van der Waals surface area contributed by atoms with Gasteiger partial charge < -0.3 is 4.90 Å². The van der Waals surface area contributed by atoms with Crippen molar-refractivity contribution in [2.24, 2.45) is 0 Å². The van der Waals surface area contributed by atoms with Gasteiger partial charge in [-0.1, -0.05) is 6.92 Å². The molecule has 3 amide bonds. The molecule has 0 aromatic rings. The maximum Gasteiger partial charge on any atom is 0.327 e. The van der Waals surface area contributed by atoms with Crippen LogP contribution in [0, 0.1) is 0 Å². The highest BCUT2D eigenvalue weighted by atomic mass is 16.2. The third-order valence-corrected chi connectivity index (χ3v) is 2.99. The SMILES string of the molecule is CCC(C)(C)N1CCN(C(C)=O)C1=O. The first kappa shape index (κ1) is 11.0. The Balaban J connectivity index is 2.79. The molecule has 0 atom stereocenters. The Labute approximate surface area is 84.9 Å². The number of carbonyl (C=O) groups excluding carboxylic acids is 2. The molecular weight excluding hydrogens is 180 g/mol. The first-order valence-electron chi connectivity index (χ1n) is 5.00. The number of nitrogens with zero attached hydrogens (tertiary/aromatic N) is 2. The summed E-state index contributed by atoms with van der Waals surface area (Å²) in [4.78, 5) is 26.0. The van der Waals surface area contributed by atoms with E-state index in [0.29, 0.717) is 13.1 Å². The van der Waals surface area contributed by atoms with Gasteiger partial charge in [0.25, 0.3) is 0 Å². The lowest BCUT2D eigenvalue weighted by Crippen LogP contribution is -2.46. The number of imide groups is 1. The molecule has 0 unspecified atom stereocenters. The Morgan fingerprint density at radius 3 is 2.36 bits per heavy atom. The third-order valence-electron chi connectivity index (χ3n) is 2.99. The van der Waals surface area contributed by atoms with Crippen LogP contribution in [0.1, 0.15) is 34.1 Å². The molecule has 0 bridgehead atoms. The zero-order valence-corrected chi connectivity index (χ0v) is 9.33. The average molecular weight is 198 g/mol. The van der Waals surface area contributed by atoms with Crippen molar-refractivity contribution in [2.45, 2.75) is 39.7 Å². The van der Waals surface area contributed by atoms with Crippen molar-refractivity contribution < 1.29 is 9.59 Å². The molecule has 0 spiro atoms. The second-order valence-electron chi connectivity index (χ2n) is 4.27. The lowest BCUT2D eigenvalue weighted by molar-refractivity contribution is -0.125. The maximum absolute atomic E-state index is 11.8. The van der Waals surface area contributed by atoms with Crippen LogP contribution in [-0.2, 0) is 4.79 Å². The van der Waals surface area contributed by atoms with E-state index in [2.05, 4.69) is 0 Å². The highest BCUT2D eigenvalue weighted by molar-refractivity contribution is 5.95. The van der Waals surface area contributed by atoms with E-state index in [-0.39, 0.29) is 17.5 Å². The van der Waals surface area contributed by atoms with Gasteiger partial charge in [0.05, 0.1) is 0 Å². The minimum Gasteiger partial charge on any atom is -0.317 e. The molecule has 4 heteroatoms. The standard InChI is InChI=1S/C10H18N2O2/c1-5-10(3,4)12-7-6-11(8(2)13)9(12)14/h5-7H2,1-4H3. The summed E-state index contributed by atoms with van der Waals surface area (Å²) in [6.45, 7) is 8.70. The van der Waals surface area contributed by atoms with Crippen LogP contribution in [0.25, 0.3) is 0 Å². The molecule has 1 saturated heterocycles. The van der Waals surface area contributed by atoms with E-state index >= 15 is 0 Å². The Bertz CT molecular complexity index is 261. The predicted molar refractivity (Wildman–Crippen MR) is 53.9 cm³/mol. The summed E-state index contributed by atoms with van der Waals surface area (Å²) in [6, 6.07) is -0.149. The fourth-order valence-electron chi connectivity index (χ4n) is 1.58. The highest BCUT2D eigenvalue weighted by Crippen LogP contribution is 2.23. The first-order valence-corrected chi connectivity index (χ1v) is 5.00. The Hall–Kier alpha value is -1.06. The van der Waals surface area contributed by atoms with Crippen LogP contribution in [-0.4, -0.2) is 40.4 Å². The lowest BCUT2D eigenvalue weighted by Gasteiger charge is -2.34. The summed E-state index contributed by atoms with van der Waals surface area (Å²) < 4.78 is 0. The van der Waals surface area contributed by atoms with Crippen LogP contribution in [0.3, 0.4) is 0 Å². The Kier molecular flexibility index (Phi) is 2.83. The Morgan fingerprint density at radius 2 is 2.00 bits per heavy atom. The number of hydrogen-bond acceptors (Lipinski definition) is 2. The van der Waals surface area contributed by atoms with E-state index in [9.17, 15) is 9.59 Å². The molecule has 0 aromatic carbocycles. The van der Waals surface area contributed by atoms with Crippen molar-refractivity contribution in [1.29, 1.82) is 0 Å². The first-order chi connectivity index (χ1) is 6.40. The van der Waals surface area contributed by atoms with Crippen molar-refractivity contribution in [3.05, 3.63) is 0 Å². The van der Waals surface area contributed by atoms with E-state index in [1.54, 1.807) is 4.90 Å². The number of hydrogen-bond donors (Lipinski definition) is 0. The van der Waals surface area contributed by atoms with E-state index in [1.807, 2.05) is 20.8 Å². The summed E-state index contributed by atoms with van der Waals surface area (Å²) >= 11 is 0. The molecule has 0 aliphatic carbocycles. The minimum absolute atomic E-state index is 0.149. The van der Waals surface area contributed by atoms with Gasteiger partial charge in [-0.2, -0.15) is 0 Å². The molecule has 80 valence electrons. The van der Waals surface area contributed by atoms with Crippen LogP contribution >= 0.6 is 0 Å². The van der Waals surface area contributed by atoms with Crippen LogP contribution in [0.5, 0.6) is 0 Å². The van der Waals surface area contributed by atoms with E-state index in [0.717, 1.165) is 6.42 Å². The fraction of sp³-hybridized carbons (Fsp3) is 0.800. The molecule has 4 nitrogen and oxygen atoms in total. The maximum atomic E-state index is 11.8. The zero-order valence-electron chi connectivity index (χ0n) is 9.33. The summed E-state index contributed by atoms with van der Waals surface area (Å²) in [5, 5.41) is 0. The van der Waals surface area contributed by atoms with Gasteiger partial charge in [-0.3, -0.25) is 9.69 Å². The van der Waals surface area contributed by atoms with Crippen molar-refractivity contribution in [1.82, 2.24) is 9.80 Å². The largest absolute Gasteiger partial charge is 0.327 e. The molecule has 0 radical (unpaired) electrons. The molecule has 1 heterocycles. The van der Waals surface area contributed by atoms with Crippen LogP contribution in [0.4, 0.5) is 4.79 Å². The van der Waals surface area contributed by atoms with Crippen LogP contribution in [0.2, 0.25) is 0 Å². The second-order valence-corrected chi connectivity index (χ2v) is 4.27. The highest BCUT2D eigenvalue weighted by Gasteiger charge is 2.38. The van der Waals surface area contributed by atoms with E-state index in [1.165, 1.54) is 11.8 Å². The summed E-state index contributed by atoms with van der Waals surface area (Å²) in [7, 11) is 0.